The second-order valence-electron chi connectivity index (χ2n) is 10.4. The van der Waals surface area contributed by atoms with Crippen LogP contribution in [-0.2, 0) is 0 Å². The summed E-state index contributed by atoms with van der Waals surface area (Å²) in [6.45, 7) is 6.07. The predicted molar refractivity (Wildman–Crippen MR) is 176 cm³/mol. The van der Waals surface area contributed by atoms with Crippen LogP contribution in [0, 0.1) is 0 Å². The maximum atomic E-state index is 5.10. The smallest absolute Gasteiger partial charge is 0.143 e. The van der Waals surface area contributed by atoms with E-state index >= 15 is 0 Å². The van der Waals surface area contributed by atoms with E-state index in [0.29, 0.717) is 0 Å². The molecule has 0 spiro atoms. The van der Waals surface area contributed by atoms with Gasteiger partial charge in [-0.05, 0) is 71.7 Å². The summed E-state index contributed by atoms with van der Waals surface area (Å²) >= 11 is 1.70. The Bertz CT molecular complexity index is 2280. The molecular weight excluding hydrogens is 518 g/mol. The Kier molecular flexibility index (Phi) is 5.37. The minimum absolute atomic E-state index is 0.901. The molecule has 5 aromatic carbocycles. The van der Waals surface area contributed by atoms with E-state index in [1.54, 1.807) is 11.3 Å². The molecule has 0 saturated heterocycles. The Morgan fingerprint density at radius 2 is 1.37 bits per heavy atom. The maximum Gasteiger partial charge on any atom is 0.143 e. The molecule has 0 aliphatic carbocycles. The molecule has 0 saturated carbocycles. The van der Waals surface area contributed by atoms with Crippen molar-refractivity contribution in [3.05, 3.63) is 133 Å². The number of para-hydroxylation sites is 2. The summed E-state index contributed by atoms with van der Waals surface area (Å²) in [5.41, 5.74) is 10.9. The van der Waals surface area contributed by atoms with E-state index in [1.807, 2.05) is 6.08 Å². The zero-order valence-corrected chi connectivity index (χ0v) is 23.3. The van der Waals surface area contributed by atoms with Gasteiger partial charge < -0.3 is 4.57 Å². The monoisotopic (exact) mass is 543 g/mol. The van der Waals surface area contributed by atoms with Gasteiger partial charge >= 0.3 is 0 Å². The summed E-state index contributed by atoms with van der Waals surface area (Å²) in [5.74, 6) is 0. The molecule has 3 heterocycles. The molecule has 3 nitrogen and oxygen atoms in total. The zero-order valence-electron chi connectivity index (χ0n) is 22.5. The van der Waals surface area contributed by atoms with Crippen molar-refractivity contribution < 1.29 is 0 Å². The largest absolute Gasteiger partial charge is 0.309 e. The first-order valence-corrected chi connectivity index (χ1v) is 14.5. The highest BCUT2D eigenvalue weighted by Crippen LogP contribution is 2.37. The molecule has 8 rings (SSSR count). The number of hydrogen-bond donors (Lipinski definition) is 0. The zero-order chi connectivity index (χ0) is 27.5. The summed E-state index contributed by atoms with van der Waals surface area (Å²) < 4.78 is 3.56. The fraction of sp³-hybridized carbons (Fsp3) is 0.0270. The Morgan fingerprint density at radius 3 is 2.07 bits per heavy atom. The SMILES string of the molecule is C=C/C=C(\C)c1cc2nc3c(nc2cc1-c1ccc(-n2c4ccccc4c4ccccc42)cc1)sc1ccccc13. The van der Waals surface area contributed by atoms with E-state index in [-0.39, 0.29) is 0 Å². The summed E-state index contributed by atoms with van der Waals surface area (Å²) in [7, 11) is 0. The van der Waals surface area contributed by atoms with Crippen molar-refractivity contribution in [1.29, 1.82) is 0 Å². The van der Waals surface area contributed by atoms with Crippen molar-refractivity contribution in [3.8, 4) is 16.8 Å². The molecule has 0 amide bonds. The minimum atomic E-state index is 0.901. The number of hydrogen-bond acceptors (Lipinski definition) is 3. The third kappa shape index (κ3) is 3.72. The van der Waals surface area contributed by atoms with Gasteiger partial charge in [-0.1, -0.05) is 85.5 Å². The van der Waals surface area contributed by atoms with Crippen LogP contribution in [0.4, 0.5) is 0 Å². The minimum Gasteiger partial charge on any atom is -0.309 e. The number of fused-ring (bicyclic) bond motifs is 7. The molecular formula is C37H25N3S. The third-order valence-electron chi connectivity index (χ3n) is 7.93. The van der Waals surface area contributed by atoms with E-state index in [1.165, 1.54) is 26.5 Å². The Labute approximate surface area is 241 Å². The number of aromatic nitrogens is 3. The van der Waals surface area contributed by atoms with Gasteiger partial charge in [0.2, 0.25) is 0 Å². The average Bonchev–Trinajstić information content (AvgIpc) is 3.55. The van der Waals surface area contributed by atoms with Gasteiger partial charge in [-0.2, -0.15) is 0 Å². The van der Waals surface area contributed by atoms with E-state index in [0.717, 1.165) is 54.7 Å². The van der Waals surface area contributed by atoms with Crippen molar-refractivity contribution in [1.82, 2.24) is 14.5 Å². The number of rotatable bonds is 4. The van der Waals surface area contributed by atoms with Gasteiger partial charge in [0, 0.05) is 26.5 Å². The van der Waals surface area contributed by atoms with Gasteiger partial charge in [-0.3, -0.25) is 0 Å². The highest BCUT2D eigenvalue weighted by molar-refractivity contribution is 7.25. The first-order valence-electron chi connectivity index (χ1n) is 13.7. The van der Waals surface area contributed by atoms with Gasteiger partial charge in [-0.15, -0.1) is 11.3 Å². The molecule has 8 aromatic rings. The molecule has 0 aliphatic heterocycles. The van der Waals surface area contributed by atoms with E-state index in [2.05, 4.69) is 133 Å². The second-order valence-corrected chi connectivity index (χ2v) is 11.4. The van der Waals surface area contributed by atoms with Gasteiger partial charge in [-0.25, -0.2) is 9.97 Å². The van der Waals surface area contributed by atoms with Crippen LogP contribution in [0.25, 0.3) is 75.7 Å². The van der Waals surface area contributed by atoms with Crippen LogP contribution >= 0.6 is 11.3 Å². The summed E-state index contributed by atoms with van der Waals surface area (Å²) in [4.78, 5) is 11.2. The van der Waals surface area contributed by atoms with Crippen LogP contribution in [0.15, 0.2) is 128 Å². The lowest BCUT2D eigenvalue weighted by atomic mass is 9.94. The number of allylic oxidation sites excluding steroid dienone is 3. The molecule has 0 aliphatic rings. The number of nitrogens with zero attached hydrogens (tertiary/aromatic N) is 3. The van der Waals surface area contributed by atoms with Crippen LogP contribution in [-0.4, -0.2) is 14.5 Å². The van der Waals surface area contributed by atoms with Crippen molar-refractivity contribution >= 4 is 70.2 Å². The molecule has 41 heavy (non-hydrogen) atoms. The molecule has 0 unspecified atom stereocenters. The normalized spacial score (nSPS) is 12.3. The quantitative estimate of drug-likeness (QED) is 0.207. The molecule has 4 heteroatoms. The van der Waals surface area contributed by atoms with Crippen LogP contribution in [0.5, 0.6) is 0 Å². The van der Waals surface area contributed by atoms with E-state index in [4.69, 9.17) is 9.97 Å². The molecule has 0 radical (unpaired) electrons. The lowest BCUT2D eigenvalue weighted by Gasteiger charge is -2.14. The molecule has 0 bridgehead atoms. The van der Waals surface area contributed by atoms with Crippen molar-refractivity contribution in [2.75, 3.05) is 0 Å². The highest BCUT2D eigenvalue weighted by atomic mass is 32.1. The third-order valence-corrected chi connectivity index (χ3v) is 8.98. The van der Waals surface area contributed by atoms with Crippen molar-refractivity contribution in [2.45, 2.75) is 6.92 Å². The Hall–Kier alpha value is -5.06. The molecule has 3 aromatic heterocycles. The first-order chi connectivity index (χ1) is 20.2. The first kappa shape index (κ1) is 23.8. The lowest BCUT2D eigenvalue weighted by molar-refractivity contribution is 1.18. The van der Waals surface area contributed by atoms with Crippen molar-refractivity contribution in [2.24, 2.45) is 0 Å². The average molecular weight is 544 g/mol. The van der Waals surface area contributed by atoms with E-state index in [9.17, 15) is 0 Å². The summed E-state index contributed by atoms with van der Waals surface area (Å²) in [6.07, 6.45) is 3.90. The lowest BCUT2D eigenvalue weighted by Crippen LogP contribution is -1.95. The molecule has 0 atom stereocenters. The fourth-order valence-electron chi connectivity index (χ4n) is 6.01. The summed E-state index contributed by atoms with van der Waals surface area (Å²) in [6, 6.07) is 38.9. The number of thiophene rings is 1. The van der Waals surface area contributed by atoms with Crippen LogP contribution < -0.4 is 0 Å². The highest BCUT2D eigenvalue weighted by Gasteiger charge is 2.16. The maximum absolute atomic E-state index is 5.10. The van der Waals surface area contributed by atoms with Crippen LogP contribution in [0.3, 0.4) is 0 Å². The van der Waals surface area contributed by atoms with Gasteiger partial charge in [0.1, 0.15) is 10.3 Å². The van der Waals surface area contributed by atoms with Crippen LogP contribution in [0.1, 0.15) is 12.5 Å². The number of benzene rings is 5. The summed E-state index contributed by atoms with van der Waals surface area (Å²) in [5, 5.41) is 3.69. The molecule has 0 N–H and O–H groups in total. The predicted octanol–water partition coefficient (Wildman–Crippen LogP) is 10.4. The fourth-order valence-corrected chi connectivity index (χ4v) is 7.04. The Morgan fingerprint density at radius 1 is 0.732 bits per heavy atom. The second kappa shape index (κ2) is 9.26. The van der Waals surface area contributed by atoms with Crippen molar-refractivity contribution in [3.63, 3.8) is 0 Å². The van der Waals surface area contributed by atoms with E-state index < -0.39 is 0 Å². The standard InChI is InChI=1S/C37H25N3S/c1-3-10-23(2)29-21-31-32(39-37-36(38-31)28-13-6-9-16-35(28)41-37)22-30(29)24-17-19-25(20-18-24)40-33-14-7-4-11-26(33)27-12-5-8-15-34(27)40/h3-22H,1H2,2H3/b23-10+. The van der Waals surface area contributed by atoms with Crippen LogP contribution in [0.2, 0.25) is 0 Å². The molecule has 194 valence electrons. The Balaban J connectivity index is 1.32. The topological polar surface area (TPSA) is 30.7 Å². The van der Waals surface area contributed by atoms with Gasteiger partial charge in [0.05, 0.1) is 22.1 Å². The molecule has 0 fully saturated rings. The van der Waals surface area contributed by atoms with Gasteiger partial charge in [0.15, 0.2) is 0 Å². The van der Waals surface area contributed by atoms with Gasteiger partial charge in [0.25, 0.3) is 0 Å².